The number of rotatable bonds is 4. The minimum Gasteiger partial charge on any atom is -0.478 e. The fraction of sp³-hybridized carbons (Fsp3) is 0.462. The van der Waals surface area contributed by atoms with Gasteiger partial charge in [-0.25, -0.2) is 9.78 Å². The number of pyridine rings is 1. The normalized spacial score (nSPS) is 14.9. The van der Waals surface area contributed by atoms with E-state index in [-0.39, 0.29) is 17.4 Å². The number of aromatic carboxylic acids is 1. The molecule has 0 spiro atoms. The molecule has 0 unspecified atom stereocenters. The lowest BCUT2D eigenvalue weighted by Crippen LogP contribution is -2.39. The first-order valence-corrected chi connectivity index (χ1v) is 6.14. The molecule has 0 bridgehead atoms. The van der Waals surface area contributed by atoms with Crippen LogP contribution >= 0.6 is 0 Å². The first kappa shape index (κ1) is 12.5. The summed E-state index contributed by atoms with van der Waals surface area (Å²) in [6.45, 7) is 2.44. The van der Waals surface area contributed by atoms with E-state index in [1.165, 1.54) is 12.3 Å². The smallest absolute Gasteiger partial charge is 0.337 e. The number of carboxylic acid groups (broad SMARTS) is 1. The van der Waals surface area contributed by atoms with Gasteiger partial charge >= 0.3 is 5.97 Å². The molecule has 1 aromatic heterocycles. The zero-order chi connectivity index (χ0) is 13.1. The molecule has 1 aromatic rings. The highest BCUT2D eigenvalue weighted by Gasteiger charge is 2.29. The van der Waals surface area contributed by atoms with Crippen LogP contribution in [0, 0.1) is 5.92 Å². The van der Waals surface area contributed by atoms with E-state index in [0.29, 0.717) is 12.4 Å². The Kier molecular flexibility index (Phi) is 3.60. The maximum Gasteiger partial charge on any atom is 0.337 e. The molecule has 5 nitrogen and oxygen atoms in total. The van der Waals surface area contributed by atoms with Crippen LogP contribution in [0.4, 0.5) is 5.82 Å². The Morgan fingerprint density at radius 3 is 2.56 bits per heavy atom. The Morgan fingerprint density at radius 1 is 1.44 bits per heavy atom. The molecule has 96 valence electrons. The zero-order valence-corrected chi connectivity index (χ0v) is 10.3. The van der Waals surface area contributed by atoms with E-state index >= 15 is 0 Å². The summed E-state index contributed by atoms with van der Waals surface area (Å²) in [5.41, 5.74) is 0.130. The quantitative estimate of drug-likeness (QED) is 0.883. The fourth-order valence-corrected chi connectivity index (χ4v) is 1.98. The van der Waals surface area contributed by atoms with Gasteiger partial charge in [-0.15, -0.1) is 0 Å². The summed E-state index contributed by atoms with van der Waals surface area (Å²) in [5.74, 6) is -0.271. The van der Waals surface area contributed by atoms with Crippen LogP contribution < -0.4 is 4.90 Å². The minimum absolute atomic E-state index is 0.0966. The van der Waals surface area contributed by atoms with Crippen molar-refractivity contribution in [2.24, 2.45) is 5.92 Å². The average molecular weight is 248 g/mol. The number of nitrogens with zero attached hydrogens (tertiary/aromatic N) is 2. The highest BCUT2D eigenvalue weighted by atomic mass is 16.4. The van der Waals surface area contributed by atoms with Crippen LogP contribution in [-0.2, 0) is 4.79 Å². The summed E-state index contributed by atoms with van der Waals surface area (Å²) in [6, 6.07) is 3.06. The maximum atomic E-state index is 12.1. The van der Waals surface area contributed by atoms with Gasteiger partial charge in [0.25, 0.3) is 0 Å². The largest absolute Gasteiger partial charge is 0.478 e. The first-order valence-electron chi connectivity index (χ1n) is 6.14. The van der Waals surface area contributed by atoms with Gasteiger partial charge in [-0.1, -0.05) is 6.42 Å². The summed E-state index contributed by atoms with van der Waals surface area (Å²) < 4.78 is 0. The number of aromatic nitrogens is 1. The predicted molar refractivity (Wildman–Crippen MR) is 66.6 cm³/mol. The molecule has 0 radical (unpaired) electrons. The van der Waals surface area contributed by atoms with Gasteiger partial charge in [0.05, 0.1) is 5.56 Å². The summed E-state index contributed by atoms with van der Waals surface area (Å²) in [4.78, 5) is 28.6. The van der Waals surface area contributed by atoms with Gasteiger partial charge in [-0.2, -0.15) is 0 Å². The van der Waals surface area contributed by atoms with Gasteiger partial charge in [0.1, 0.15) is 5.82 Å². The highest BCUT2D eigenvalue weighted by Crippen LogP contribution is 2.29. The molecular formula is C13H16N2O3. The summed E-state index contributed by atoms with van der Waals surface area (Å²) in [7, 11) is 0. The number of hydrogen-bond donors (Lipinski definition) is 1. The van der Waals surface area contributed by atoms with E-state index in [1.54, 1.807) is 11.0 Å². The Bertz CT molecular complexity index is 452. The molecule has 1 fully saturated rings. The van der Waals surface area contributed by atoms with E-state index < -0.39 is 5.97 Å². The molecule has 0 saturated heterocycles. The lowest BCUT2D eigenvalue weighted by atomic mass is 9.84. The third-order valence-corrected chi connectivity index (χ3v) is 3.31. The number of carboxylic acids is 1. The standard InChI is InChI=1S/C13H16N2O3/c1-2-15(12(16)9-4-3-5-9)11-7-6-10(8-14-11)13(17)18/h6-9H,2-5H2,1H3,(H,17,18). The van der Waals surface area contributed by atoms with Crippen LogP contribution in [0.1, 0.15) is 36.5 Å². The Labute approximate surface area is 105 Å². The molecule has 1 aliphatic rings. The van der Waals surface area contributed by atoms with E-state index in [0.717, 1.165) is 19.3 Å². The maximum absolute atomic E-state index is 12.1. The van der Waals surface area contributed by atoms with Crippen molar-refractivity contribution in [3.05, 3.63) is 23.9 Å². The van der Waals surface area contributed by atoms with E-state index in [2.05, 4.69) is 4.98 Å². The first-order chi connectivity index (χ1) is 8.63. The molecule has 5 heteroatoms. The van der Waals surface area contributed by atoms with Crippen LogP contribution in [0.2, 0.25) is 0 Å². The number of amides is 1. The van der Waals surface area contributed by atoms with Crippen molar-refractivity contribution in [2.75, 3.05) is 11.4 Å². The lowest BCUT2D eigenvalue weighted by Gasteiger charge is -2.30. The van der Waals surface area contributed by atoms with Gasteiger partial charge in [0.2, 0.25) is 5.91 Å². The van der Waals surface area contributed by atoms with Gasteiger partial charge < -0.3 is 5.11 Å². The SMILES string of the molecule is CCN(C(=O)C1CCC1)c1ccc(C(=O)O)cn1. The Balaban J connectivity index is 2.16. The van der Waals surface area contributed by atoms with Gasteiger partial charge in [-0.3, -0.25) is 9.69 Å². The van der Waals surface area contributed by atoms with Crippen LogP contribution in [-0.4, -0.2) is 28.5 Å². The van der Waals surface area contributed by atoms with E-state index in [1.807, 2.05) is 6.92 Å². The van der Waals surface area contributed by atoms with Gasteiger partial charge in [-0.05, 0) is 31.9 Å². The molecule has 1 aliphatic carbocycles. The second-order valence-electron chi connectivity index (χ2n) is 4.42. The molecule has 1 heterocycles. The van der Waals surface area contributed by atoms with Crippen molar-refractivity contribution in [1.29, 1.82) is 0 Å². The fourth-order valence-electron chi connectivity index (χ4n) is 1.98. The number of carbonyl (C=O) groups excluding carboxylic acids is 1. The van der Waals surface area contributed by atoms with Crippen LogP contribution in [0.3, 0.4) is 0 Å². The topological polar surface area (TPSA) is 70.5 Å². The second-order valence-corrected chi connectivity index (χ2v) is 4.42. The van der Waals surface area contributed by atoms with Crippen molar-refractivity contribution in [1.82, 2.24) is 4.98 Å². The predicted octanol–water partition coefficient (Wildman–Crippen LogP) is 1.93. The molecule has 1 saturated carbocycles. The number of anilines is 1. The van der Waals surface area contributed by atoms with E-state index in [9.17, 15) is 9.59 Å². The van der Waals surface area contributed by atoms with Crippen LogP contribution in [0.15, 0.2) is 18.3 Å². The summed E-state index contributed by atoms with van der Waals surface area (Å²) >= 11 is 0. The molecule has 0 aliphatic heterocycles. The third kappa shape index (κ3) is 2.34. The van der Waals surface area contributed by atoms with Crippen molar-refractivity contribution >= 4 is 17.7 Å². The molecule has 18 heavy (non-hydrogen) atoms. The minimum atomic E-state index is -1.01. The molecular weight excluding hydrogens is 232 g/mol. The summed E-state index contributed by atoms with van der Waals surface area (Å²) in [6.07, 6.45) is 4.29. The second kappa shape index (κ2) is 5.16. The van der Waals surface area contributed by atoms with Crippen molar-refractivity contribution < 1.29 is 14.7 Å². The Morgan fingerprint density at radius 2 is 2.17 bits per heavy atom. The van der Waals surface area contributed by atoms with Gasteiger partial charge in [0, 0.05) is 18.7 Å². The monoisotopic (exact) mass is 248 g/mol. The van der Waals surface area contributed by atoms with Crippen molar-refractivity contribution in [2.45, 2.75) is 26.2 Å². The average Bonchev–Trinajstić information content (AvgIpc) is 2.28. The Hall–Kier alpha value is -1.91. The highest BCUT2D eigenvalue weighted by molar-refractivity contribution is 5.95. The van der Waals surface area contributed by atoms with E-state index in [4.69, 9.17) is 5.11 Å². The lowest BCUT2D eigenvalue weighted by molar-refractivity contribution is -0.124. The number of carbonyl (C=O) groups is 2. The number of hydrogen-bond acceptors (Lipinski definition) is 3. The molecule has 0 atom stereocenters. The van der Waals surface area contributed by atoms with Crippen molar-refractivity contribution in [3.8, 4) is 0 Å². The molecule has 1 amide bonds. The molecule has 2 rings (SSSR count). The molecule has 0 aromatic carbocycles. The van der Waals surface area contributed by atoms with Gasteiger partial charge in [0.15, 0.2) is 0 Å². The van der Waals surface area contributed by atoms with Crippen LogP contribution in [0.25, 0.3) is 0 Å². The third-order valence-electron chi connectivity index (χ3n) is 3.31. The summed E-state index contributed by atoms with van der Waals surface area (Å²) in [5, 5.41) is 8.80. The molecule has 1 N–H and O–H groups in total. The van der Waals surface area contributed by atoms with Crippen molar-refractivity contribution in [3.63, 3.8) is 0 Å². The van der Waals surface area contributed by atoms with Crippen LogP contribution in [0.5, 0.6) is 0 Å². The zero-order valence-electron chi connectivity index (χ0n) is 10.3.